The highest BCUT2D eigenvalue weighted by Gasteiger charge is 2.07. The van der Waals surface area contributed by atoms with Gasteiger partial charge in [-0.05, 0) is 17.7 Å². The van der Waals surface area contributed by atoms with Crippen LogP contribution in [-0.2, 0) is 26.4 Å². The molecule has 1 N–H and O–H groups in total. The Morgan fingerprint density at radius 1 is 1.35 bits per heavy atom. The molecule has 0 saturated carbocycles. The smallest absolute Gasteiger partial charge is 0.446 e. The van der Waals surface area contributed by atoms with E-state index in [1.807, 2.05) is 0 Å². The van der Waals surface area contributed by atoms with E-state index in [4.69, 9.17) is 9.29 Å². The molecule has 0 saturated heterocycles. The van der Waals surface area contributed by atoms with Gasteiger partial charge >= 0.3 is 10.4 Å². The van der Waals surface area contributed by atoms with Crippen molar-refractivity contribution in [2.45, 2.75) is 6.42 Å². The zero-order chi connectivity index (χ0) is 12.9. The largest absolute Gasteiger partial charge is 0.489 e. The Morgan fingerprint density at radius 2 is 1.94 bits per heavy atom. The molecule has 0 aliphatic rings. The van der Waals surface area contributed by atoms with Crippen molar-refractivity contribution in [1.82, 2.24) is 0 Å². The Morgan fingerprint density at radius 3 is 2.35 bits per heavy atom. The lowest BCUT2D eigenvalue weighted by atomic mass is 10.1. The minimum Gasteiger partial charge on any atom is -0.489 e. The summed E-state index contributed by atoms with van der Waals surface area (Å²) in [4.78, 5) is 10.4. The van der Waals surface area contributed by atoms with Crippen LogP contribution >= 0.6 is 0 Å². The van der Waals surface area contributed by atoms with Gasteiger partial charge in [-0.2, -0.15) is 8.42 Å². The summed E-state index contributed by atoms with van der Waals surface area (Å²) in [6, 6.07) is 5.77. The normalized spacial score (nSPS) is 10.5. The molecule has 0 atom stereocenters. The van der Waals surface area contributed by atoms with Gasteiger partial charge < -0.3 is 8.92 Å². The number of rotatable bonds is 5. The monoisotopic (exact) mass is 258 g/mol. The molecular formula is C10H10O6S. The maximum absolute atomic E-state index is 10.4. The van der Waals surface area contributed by atoms with Crippen LogP contribution in [0.25, 0.3) is 0 Å². The number of hydrogen-bond acceptors (Lipinski definition) is 5. The van der Waals surface area contributed by atoms with Gasteiger partial charge in [0.25, 0.3) is 0 Å². The molecule has 7 heteroatoms. The van der Waals surface area contributed by atoms with Gasteiger partial charge in [-0.1, -0.05) is 12.1 Å². The summed E-state index contributed by atoms with van der Waals surface area (Å²) in [6.07, 6.45) is 0.242. The van der Waals surface area contributed by atoms with E-state index < -0.39 is 10.4 Å². The minimum absolute atomic E-state index is 0.0229. The first-order valence-electron chi connectivity index (χ1n) is 4.48. The molecule has 17 heavy (non-hydrogen) atoms. The van der Waals surface area contributed by atoms with Crippen molar-refractivity contribution in [2.24, 2.45) is 0 Å². The summed E-state index contributed by atoms with van der Waals surface area (Å²) in [5.41, 5.74) is 0.716. The van der Waals surface area contributed by atoms with Gasteiger partial charge in [-0.3, -0.25) is 4.55 Å². The van der Waals surface area contributed by atoms with Crippen molar-refractivity contribution in [3.05, 3.63) is 35.6 Å². The van der Waals surface area contributed by atoms with Crippen LogP contribution < -0.4 is 4.18 Å². The third-order valence-electron chi connectivity index (χ3n) is 1.85. The van der Waals surface area contributed by atoms with Gasteiger partial charge in [-0.15, -0.1) is 0 Å². The van der Waals surface area contributed by atoms with Gasteiger partial charge in [0, 0.05) is 6.42 Å². The van der Waals surface area contributed by atoms with E-state index in [0.717, 1.165) is 0 Å². The van der Waals surface area contributed by atoms with Gasteiger partial charge in [0.2, 0.25) is 0 Å². The number of allylic oxidation sites excluding steroid dienone is 1. The summed E-state index contributed by atoms with van der Waals surface area (Å²) < 4.78 is 38.2. The molecule has 0 aliphatic carbocycles. The molecule has 1 aromatic rings. The summed E-state index contributed by atoms with van der Waals surface area (Å²) in [5.74, 6) is 1.74. The number of methoxy groups -OCH3 is 1. The van der Waals surface area contributed by atoms with Crippen molar-refractivity contribution in [3.63, 3.8) is 0 Å². The van der Waals surface area contributed by atoms with E-state index in [1.165, 1.54) is 31.4 Å². The Bertz CT molecular complexity index is 524. The number of carbonyl (C=O) groups excluding carboxylic acids is 1. The van der Waals surface area contributed by atoms with E-state index in [9.17, 15) is 13.2 Å². The first-order chi connectivity index (χ1) is 7.94. The van der Waals surface area contributed by atoms with Crippen LogP contribution in [0.4, 0.5) is 0 Å². The molecule has 1 rings (SSSR count). The summed E-state index contributed by atoms with van der Waals surface area (Å²) in [6.45, 7) is 0. The third-order valence-corrected chi connectivity index (χ3v) is 2.25. The molecule has 0 amide bonds. The second-order valence-corrected chi connectivity index (χ2v) is 4.08. The highest BCUT2D eigenvalue weighted by molar-refractivity contribution is 7.81. The molecule has 1 aromatic carbocycles. The molecule has 0 aromatic heterocycles. The molecular weight excluding hydrogens is 248 g/mol. The maximum Gasteiger partial charge on any atom is 0.446 e. The Balaban J connectivity index is 2.78. The Labute approximate surface area is 98.4 Å². The lowest BCUT2D eigenvalue weighted by Gasteiger charge is -2.04. The lowest BCUT2D eigenvalue weighted by molar-refractivity contribution is 0.286. The lowest BCUT2D eigenvalue weighted by Crippen LogP contribution is -2.06. The van der Waals surface area contributed by atoms with Crippen LogP contribution in [0.1, 0.15) is 5.56 Å². The van der Waals surface area contributed by atoms with Crippen LogP contribution in [0.2, 0.25) is 0 Å². The fourth-order valence-electron chi connectivity index (χ4n) is 1.12. The van der Waals surface area contributed by atoms with Gasteiger partial charge in [0.05, 0.1) is 7.11 Å². The van der Waals surface area contributed by atoms with E-state index >= 15 is 0 Å². The fraction of sp³-hybridized carbons (Fsp3) is 0.200. The highest BCUT2D eigenvalue weighted by Crippen LogP contribution is 2.15. The fourth-order valence-corrected chi connectivity index (χ4v) is 1.47. The molecule has 92 valence electrons. The van der Waals surface area contributed by atoms with Gasteiger partial charge in [-0.25, -0.2) is 4.79 Å². The van der Waals surface area contributed by atoms with Crippen molar-refractivity contribution in [1.29, 1.82) is 0 Å². The third kappa shape index (κ3) is 4.69. The number of benzene rings is 1. The SMILES string of the molecule is COC(=C=O)Cc1ccc(OS(=O)(=O)O)cc1. The van der Waals surface area contributed by atoms with Crippen LogP contribution in [0.3, 0.4) is 0 Å². The van der Waals surface area contributed by atoms with Crippen LogP contribution in [0.5, 0.6) is 5.75 Å². The van der Waals surface area contributed by atoms with Crippen molar-refractivity contribution >= 4 is 16.3 Å². The topological polar surface area (TPSA) is 89.9 Å². The van der Waals surface area contributed by atoms with Crippen molar-refractivity contribution < 1.29 is 26.7 Å². The Hall–Kier alpha value is -1.82. The van der Waals surface area contributed by atoms with Gasteiger partial charge in [0.1, 0.15) is 5.75 Å². The summed E-state index contributed by atoms with van der Waals surface area (Å²) in [7, 11) is -3.16. The van der Waals surface area contributed by atoms with Crippen LogP contribution in [0, 0.1) is 0 Å². The van der Waals surface area contributed by atoms with E-state index in [2.05, 4.69) is 4.18 Å². The number of ether oxygens (including phenoxy) is 1. The molecule has 0 radical (unpaired) electrons. The predicted octanol–water partition coefficient (Wildman–Crippen LogP) is 0.773. The second kappa shape index (κ2) is 5.49. The van der Waals surface area contributed by atoms with Crippen LogP contribution in [-0.4, -0.2) is 26.0 Å². The summed E-state index contributed by atoms with van der Waals surface area (Å²) >= 11 is 0. The average Bonchev–Trinajstić information content (AvgIpc) is 2.26. The average molecular weight is 258 g/mol. The van der Waals surface area contributed by atoms with Gasteiger partial charge in [0.15, 0.2) is 11.7 Å². The van der Waals surface area contributed by atoms with Crippen molar-refractivity contribution in [3.8, 4) is 5.75 Å². The maximum atomic E-state index is 10.4. The van der Waals surface area contributed by atoms with E-state index in [-0.39, 0.29) is 17.9 Å². The molecule has 6 nitrogen and oxygen atoms in total. The first kappa shape index (κ1) is 13.2. The van der Waals surface area contributed by atoms with Crippen LogP contribution in [0.15, 0.2) is 30.0 Å². The standard InChI is InChI=1S/C10H10O6S/c1-15-10(7-11)6-8-2-4-9(5-3-8)16-17(12,13)14/h2-5H,6H2,1H3,(H,12,13,14). The molecule has 0 heterocycles. The van der Waals surface area contributed by atoms with E-state index in [1.54, 1.807) is 5.94 Å². The molecule has 0 spiro atoms. The molecule has 0 fully saturated rings. The zero-order valence-corrected chi connectivity index (χ0v) is 9.73. The zero-order valence-electron chi connectivity index (χ0n) is 8.91. The number of hydrogen-bond donors (Lipinski definition) is 1. The quantitative estimate of drug-likeness (QED) is 0.476. The molecule has 0 bridgehead atoms. The highest BCUT2D eigenvalue weighted by atomic mass is 32.3. The van der Waals surface area contributed by atoms with Crippen molar-refractivity contribution in [2.75, 3.05) is 7.11 Å². The molecule has 0 unspecified atom stereocenters. The second-order valence-electron chi connectivity index (χ2n) is 3.06. The minimum atomic E-state index is -4.51. The van der Waals surface area contributed by atoms with E-state index in [0.29, 0.717) is 5.56 Å². The predicted molar refractivity (Wildman–Crippen MR) is 58.5 cm³/mol. The molecule has 0 aliphatic heterocycles. The Kier molecular flexibility index (Phi) is 4.28. The summed E-state index contributed by atoms with van der Waals surface area (Å²) in [5, 5.41) is 0. The first-order valence-corrected chi connectivity index (χ1v) is 5.85.